The number of aryl methyl sites for hydroxylation is 2. The summed E-state index contributed by atoms with van der Waals surface area (Å²) in [5, 5.41) is 2.75. The Labute approximate surface area is 178 Å². The van der Waals surface area contributed by atoms with E-state index in [1.807, 2.05) is 30.3 Å². The highest BCUT2D eigenvalue weighted by Crippen LogP contribution is 2.25. The number of hydrogen-bond acceptors (Lipinski definition) is 5. The maximum atomic E-state index is 12.8. The van der Waals surface area contributed by atoms with E-state index in [9.17, 15) is 13.2 Å². The molecular weight excluding hydrogens is 402 g/mol. The number of nitrogens with zero attached hydrogens (tertiary/aromatic N) is 1. The highest BCUT2D eigenvalue weighted by molar-refractivity contribution is 7.89. The number of sulfonamides is 1. The van der Waals surface area contributed by atoms with Gasteiger partial charge in [-0.3, -0.25) is 9.69 Å². The molecule has 1 unspecified atom stereocenters. The van der Waals surface area contributed by atoms with Crippen molar-refractivity contribution in [2.45, 2.75) is 31.8 Å². The van der Waals surface area contributed by atoms with Crippen LogP contribution in [-0.2, 0) is 19.6 Å². The molecular formula is C22H29N3O4S. The van der Waals surface area contributed by atoms with E-state index in [0.717, 1.165) is 18.7 Å². The fraction of sp³-hybridized carbons (Fsp3) is 0.409. The van der Waals surface area contributed by atoms with E-state index < -0.39 is 10.0 Å². The predicted octanol–water partition coefficient (Wildman–Crippen LogP) is 2.61. The van der Waals surface area contributed by atoms with Crippen LogP contribution >= 0.6 is 0 Å². The highest BCUT2D eigenvalue weighted by Gasteiger charge is 2.22. The number of carbonyl (C=O) groups is 1. The minimum atomic E-state index is -3.64. The van der Waals surface area contributed by atoms with Gasteiger partial charge in [0.1, 0.15) is 0 Å². The second-order valence-electron chi connectivity index (χ2n) is 7.58. The molecule has 1 aliphatic rings. The Hall–Kier alpha value is -2.26. The lowest BCUT2D eigenvalue weighted by atomic mass is 10.1. The number of carbonyl (C=O) groups excluding carboxylic acids is 1. The molecule has 1 atom stereocenters. The molecule has 30 heavy (non-hydrogen) atoms. The molecule has 0 saturated carbocycles. The molecule has 0 aliphatic carbocycles. The molecule has 2 aromatic carbocycles. The first-order valence-corrected chi connectivity index (χ1v) is 11.5. The molecule has 0 spiro atoms. The lowest BCUT2D eigenvalue weighted by molar-refractivity contribution is -0.114. The Balaban J connectivity index is 1.59. The van der Waals surface area contributed by atoms with E-state index >= 15 is 0 Å². The minimum absolute atomic E-state index is 0.00294. The van der Waals surface area contributed by atoms with Crippen molar-refractivity contribution in [3.8, 4) is 0 Å². The summed E-state index contributed by atoms with van der Waals surface area (Å²) in [6.07, 6.45) is 0.00294. The summed E-state index contributed by atoms with van der Waals surface area (Å²) < 4.78 is 34.1. The monoisotopic (exact) mass is 431 g/mol. The van der Waals surface area contributed by atoms with Crippen LogP contribution in [0, 0.1) is 13.8 Å². The summed E-state index contributed by atoms with van der Waals surface area (Å²) in [5.74, 6) is -0.186. The molecule has 1 aliphatic heterocycles. The van der Waals surface area contributed by atoms with E-state index in [0.29, 0.717) is 36.5 Å². The van der Waals surface area contributed by atoms with Crippen molar-refractivity contribution >= 4 is 21.6 Å². The summed E-state index contributed by atoms with van der Waals surface area (Å²) in [6.45, 7) is 8.05. The average molecular weight is 432 g/mol. The number of amides is 1. The predicted molar refractivity (Wildman–Crippen MR) is 117 cm³/mol. The van der Waals surface area contributed by atoms with Gasteiger partial charge in [0.2, 0.25) is 15.9 Å². The molecule has 1 amide bonds. The SMILES string of the molecule is CC(=O)Nc1c(C)cc(S(=O)(=O)NCCN2CCOC(c3ccccc3)C2)cc1C. The minimum Gasteiger partial charge on any atom is -0.371 e. The van der Waals surface area contributed by atoms with Crippen LogP contribution in [0.15, 0.2) is 47.4 Å². The molecule has 1 heterocycles. The molecule has 0 bridgehead atoms. The zero-order valence-electron chi connectivity index (χ0n) is 17.6. The van der Waals surface area contributed by atoms with Crippen molar-refractivity contribution in [1.29, 1.82) is 0 Å². The topological polar surface area (TPSA) is 87.7 Å². The number of ether oxygens (including phenoxy) is 1. The Morgan fingerprint density at radius 2 is 1.83 bits per heavy atom. The van der Waals surface area contributed by atoms with Gasteiger partial charge in [-0.05, 0) is 42.7 Å². The van der Waals surface area contributed by atoms with Crippen molar-refractivity contribution in [1.82, 2.24) is 9.62 Å². The molecule has 7 nitrogen and oxygen atoms in total. The molecule has 3 rings (SSSR count). The van der Waals surface area contributed by atoms with Crippen LogP contribution in [0.1, 0.15) is 29.7 Å². The third-order valence-electron chi connectivity index (χ3n) is 5.16. The van der Waals surface area contributed by atoms with Gasteiger partial charge in [-0.15, -0.1) is 0 Å². The van der Waals surface area contributed by atoms with Crippen LogP contribution in [0.2, 0.25) is 0 Å². The smallest absolute Gasteiger partial charge is 0.240 e. The first-order chi connectivity index (χ1) is 14.3. The molecule has 8 heteroatoms. The Morgan fingerprint density at radius 3 is 2.47 bits per heavy atom. The molecule has 2 aromatic rings. The number of hydrogen-bond donors (Lipinski definition) is 2. The first-order valence-electron chi connectivity index (χ1n) is 10.0. The summed E-state index contributed by atoms with van der Waals surface area (Å²) in [5.41, 5.74) is 3.21. The van der Waals surface area contributed by atoms with E-state index in [1.165, 1.54) is 6.92 Å². The summed E-state index contributed by atoms with van der Waals surface area (Å²) in [4.78, 5) is 13.8. The van der Waals surface area contributed by atoms with Crippen molar-refractivity contribution in [3.05, 3.63) is 59.2 Å². The van der Waals surface area contributed by atoms with Gasteiger partial charge < -0.3 is 10.1 Å². The van der Waals surface area contributed by atoms with E-state index in [1.54, 1.807) is 26.0 Å². The maximum absolute atomic E-state index is 12.8. The van der Waals surface area contributed by atoms with Crippen molar-refractivity contribution in [2.75, 3.05) is 38.1 Å². The van der Waals surface area contributed by atoms with Gasteiger partial charge in [0.15, 0.2) is 0 Å². The van der Waals surface area contributed by atoms with E-state index in [2.05, 4.69) is 14.9 Å². The summed E-state index contributed by atoms with van der Waals surface area (Å²) >= 11 is 0. The zero-order chi connectivity index (χ0) is 21.7. The quantitative estimate of drug-likeness (QED) is 0.704. The van der Waals surface area contributed by atoms with Gasteiger partial charge in [-0.25, -0.2) is 13.1 Å². The molecule has 1 saturated heterocycles. The number of morpholine rings is 1. The third kappa shape index (κ3) is 5.66. The molecule has 0 radical (unpaired) electrons. The van der Waals surface area contributed by atoms with Crippen LogP contribution in [-0.4, -0.2) is 52.0 Å². The fourth-order valence-corrected chi connectivity index (χ4v) is 4.84. The van der Waals surface area contributed by atoms with Crippen LogP contribution in [0.3, 0.4) is 0 Å². The fourth-order valence-electron chi connectivity index (χ4n) is 3.65. The lowest BCUT2D eigenvalue weighted by Gasteiger charge is -2.33. The summed E-state index contributed by atoms with van der Waals surface area (Å²) in [6, 6.07) is 13.2. The molecule has 2 N–H and O–H groups in total. The standard InChI is InChI=1S/C22H29N3O4S/c1-16-13-20(14-17(2)22(16)24-18(3)26)30(27,28)23-9-10-25-11-12-29-21(15-25)19-7-5-4-6-8-19/h4-8,13-14,21,23H,9-12,15H2,1-3H3,(H,24,26). The second-order valence-corrected chi connectivity index (χ2v) is 9.35. The zero-order valence-corrected chi connectivity index (χ0v) is 18.5. The van der Waals surface area contributed by atoms with Gasteiger partial charge in [0.25, 0.3) is 0 Å². The van der Waals surface area contributed by atoms with Crippen LogP contribution in [0.25, 0.3) is 0 Å². The maximum Gasteiger partial charge on any atom is 0.240 e. The first kappa shape index (κ1) is 22.4. The Bertz CT molecular complexity index is 970. The highest BCUT2D eigenvalue weighted by atomic mass is 32.2. The lowest BCUT2D eigenvalue weighted by Crippen LogP contribution is -2.42. The molecule has 0 aromatic heterocycles. The normalized spacial score (nSPS) is 17.6. The van der Waals surface area contributed by atoms with Gasteiger partial charge in [0.05, 0.1) is 17.6 Å². The van der Waals surface area contributed by atoms with Crippen LogP contribution in [0.5, 0.6) is 0 Å². The van der Waals surface area contributed by atoms with E-state index in [-0.39, 0.29) is 16.9 Å². The molecule has 1 fully saturated rings. The number of benzene rings is 2. The van der Waals surface area contributed by atoms with Crippen molar-refractivity contribution < 1.29 is 17.9 Å². The van der Waals surface area contributed by atoms with Crippen LogP contribution < -0.4 is 10.0 Å². The molecule has 162 valence electrons. The number of rotatable bonds is 7. The Kier molecular flexibility index (Phi) is 7.25. The number of nitrogens with one attached hydrogen (secondary N) is 2. The van der Waals surface area contributed by atoms with Gasteiger partial charge in [-0.2, -0.15) is 0 Å². The van der Waals surface area contributed by atoms with Crippen molar-refractivity contribution in [3.63, 3.8) is 0 Å². The van der Waals surface area contributed by atoms with Gasteiger partial charge >= 0.3 is 0 Å². The van der Waals surface area contributed by atoms with Crippen molar-refractivity contribution in [2.24, 2.45) is 0 Å². The average Bonchev–Trinajstić information content (AvgIpc) is 2.71. The van der Waals surface area contributed by atoms with Crippen LogP contribution in [0.4, 0.5) is 5.69 Å². The summed E-state index contributed by atoms with van der Waals surface area (Å²) in [7, 11) is -3.64. The van der Waals surface area contributed by atoms with E-state index in [4.69, 9.17) is 4.74 Å². The third-order valence-corrected chi connectivity index (χ3v) is 6.60. The largest absolute Gasteiger partial charge is 0.371 e. The Morgan fingerprint density at radius 1 is 1.17 bits per heavy atom. The number of anilines is 1. The second kappa shape index (κ2) is 9.70. The van der Waals surface area contributed by atoms with Gasteiger partial charge in [0, 0.05) is 38.8 Å². The van der Waals surface area contributed by atoms with Gasteiger partial charge in [-0.1, -0.05) is 30.3 Å².